The van der Waals surface area contributed by atoms with E-state index in [1.165, 1.54) is 18.7 Å². The van der Waals surface area contributed by atoms with Crippen LogP contribution in [0, 0.1) is 5.82 Å². The number of likely N-dealkylation sites (N-methyl/N-ethyl adjacent to an activating group) is 1. The highest BCUT2D eigenvalue weighted by Crippen LogP contribution is 2.27. The van der Waals surface area contributed by atoms with Crippen LogP contribution in [0.15, 0.2) is 46.9 Å². The molecular formula is C16H17BrFNO. The number of hydrogen-bond acceptors (Lipinski definition) is 2. The van der Waals surface area contributed by atoms with Crippen molar-refractivity contribution in [3.8, 4) is 5.75 Å². The van der Waals surface area contributed by atoms with Crippen LogP contribution < -0.4 is 10.1 Å². The van der Waals surface area contributed by atoms with Crippen LogP contribution in [0.2, 0.25) is 0 Å². The molecular weight excluding hydrogens is 321 g/mol. The van der Waals surface area contributed by atoms with Gasteiger partial charge in [0.2, 0.25) is 0 Å². The summed E-state index contributed by atoms with van der Waals surface area (Å²) in [5.74, 6) is -0.0677. The zero-order chi connectivity index (χ0) is 14.5. The van der Waals surface area contributed by atoms with Crippen molar-refractivity contribution in [1.29, 1.82) is 0 Å². The maximum atomic E-state index is 13.5. The molecule has 0 spiro atoms. The van der Waals surface area contributed by atoms with Crippen LogP contribution in [-0.4, -0.2) is 14.2 Å². The summed E-state index contributed by atoms with van der Waals surface area (Å²) in [5, 5.41) is 3.27. The van der Waals surface area contributed by atoms with Crippen LogP contribution in [0.3, 0.4) is 0 Å². The zero-order valence-corrected chi connectivity index (χ0v) is 13.1. The van der Waals surface area contributed by atoms with Crippen molar-refractivity contribution in [1.82, 2.24) is 5.32 Å². The van der Waals surface area contributed by atoms with Gasteiger partial charge in [0, 0.05) is 10.5 Å². The molecule has 2 aromatic rings. The lowest BCUT2D eigenvalue weighted by Gasteiger charge is -2.18. The van der Waals surface area contributed by atoms with Crippen molar-refractivity contribution in [3.05, 3.63) is 63.9 Å². The summed E-state index contributed by atoms with van der Waals surface area (Å²) in [6.45, 7) is 0. The Labute approximate surface area is 127 Å². The highest BCUT2D eigenvalue weighted by Gasteiger charge is 2.14. The topological polar surface area (TPSA) is 21.3 Å². The molecule has 1 unspecified atom stereocenters. The van der Waals surface area contributed by atoms with Crippen molar-refractivity contribution in [2.45, 2.75) is 12.5 Å². The van der Waals surface area contributed by atoms with Crippen molar-refractivity contribution in [2.24, 2.45) is 0 Å². The number of halogens is 2. The van der Waals surface area contributed by atoms with E-state index in [9.17, 15) is 4.39 Å². The summed E-state index contributed by atoms with van der Waals surface area (Å²) < 4.78 is 19.6. The van der Waals surface area contributed by atoms with Gasteiger partial charge in [-0.25, -0.2) is 4.39 Å². The number of hydrogen-bond donors (Lipinski definition) is 1. The van der Waals surface area contributed by atoms with Gasteiger partial charge in [-0.3, -0.25) is 0 Å². The van der Waals surface area contributed by atoms with Crippen LogP contribution in [0.1, 0.15) is 17.2 Å². The van der Waals surface area contributed by atoms with Crippen molar-refractivity contribution in [2.75, 3.05) is 14.2 Å². The third-order valence-electron chi connectivity index (χ3n) is 3.31. The van der Waals surface area contributed by atoms with Crippen LogP contribution in [0.25, 0.3) is 0 Å². The average molecular weight is 338 g/mol. The lowest BCUT2D eigenvalue weighted by atomic mass is 9.99. The summed E-state index contributed by atoms with van der Waals surface area (Å²) in [4.78, 5) is 0. The molecule has 0 saturated heterocycles. The number of benzene rings is 2. The molecule has 0 amide bonds. The van der Waals surface area contributed by atoms with Gasteiger partial charge in [0.05, 0.1) is 7.11 Å². The number of nitrogens with one attached hydrogen (secondary N) is 1. The van der Waals surface area contributed by atoms with E-state index in [0.717, 1.165) is 16.5 Å². The molecule has 0 aliphatic heterocycles. The summed E-state index contributed by atoms with van der Waals surface area (Å²) in [6, 6.07) is 13.2. The van der Waals surface area contributed by atoms with Gasteiger partial charge in [-0.15, -0.1) is 0 Å². The summed E-state index contributed by atoms with van der Waals surface area (Å²) in [7, 11) is 3.38. The van der Waals surface area contributed by atoms with E-state index in [1.807, 2.05) is 25.2 Å². The highest BCUT2D eigenvalue weighted by atomic mass is 79.9. The van der Waals surface area contributed by atoms with E-state index in [0.29, 0.717) is 0 Å². The Hall–Kier alpha value is -1.39. The molecule has 0 aliphatic carbocycles. The minimum Gasteiger partial charge on any atom is -0.494 e. The molecule has 20 heavy (non-hydrogen) atoms. The molecule has 0 fully saturated rings. The van der Waals surface area contributed by atoms with Gasteiger partial charge in [0.1, 0.15) is 0 Å². The SMILES string of the molecule is CNC(Cc1ccccc1Br)c1ccc(F)c(OC)c1. The van der Waals surface area contributed by atoms with Gasteiger partial charge in [-0.2, -0.15) is 0 Å². The third kappa shape index (κ3) is 3.38. The van der Waals surface area contributed by atoms with Crippen LogP contribution in [0.5, 0.6) is 5.75 Å². The standard InChI is InChI=1S/C16H17BrFNO/c1-19-15(9-11-5-3-4-6-13(11)17)12-7-8-14(18)16(10-12)20-2/h3-8,10,15,19H,9H2,1-2H3. The van der Waals surface area contributed by atoms with E-state index in [-0.39, 0.29) is 17.6 Å². The van der Waals surface area contributed by atoms with Crippen molar-refractivity contribution in [3.63, 3.8) is 0 Å². The molecule has 0 aliphatic rings. The predicted molar refractivity (Wildman–Crippen MR) is 82.6 cm³/mol. The van der Waals surface area contributed by atoms with E-state index in [1.54, 1.807) is 12.1 Å². The monoisotopic (exact) mass is 337 g/mol. The van der Waals surface area contributed by atoms with E-state index in [2.05, 4.69) is 27.3 Å². The lowest BCUT2D eigenvalue weighted by molar-refractivity contribution is 0.385. The molecule has 2 nitrogen and oxygen atoms in total. The first-order valence-corrected chi connectivity index (χ1v) is 7.19. The molecule has 0 radical (unpaired) electrons. The summed E-state index contributed by atoms with van der Waals surface area (Å²) in [5.41, 5.74) is 2.21. The minimum atomic E-state index is -0.341. The van der Waals surface area contributed by atoms with Crippen molar-refractivity contribution < 1.29 is 9.13 Å². The van der Waals surface area contributed by atoms with Crippen molar-refractivity contribution >= 4 is 15.9 Å². The Bertz CT molecular complexity index is 588. The quantitative estimate of drug-likeness (QED) is 0.886. The second-order valence-corrected chi connectivity index (χ2v) is 5.39. The molecule has 0 heterocycles. The van der Waals surface area contributed by atoms with Crippen LogP contribution in [-0.2, 0) is 6.42 Å². The van der Waals surface area contributed by atoms with Gasteiger partial charge >= 0.3 is 0 Å². The molecule has 0 bridgehead atoms. The molecule has 106 valence electrons. The second-order valence-electron chi connectivity index (χ2n) is 4.53. The smallest absolute Gasteiger partial charge is 0.165 e. The first kappa shape index (κ1) is 15.0. The number of ether oxygens (including phenoxy) is 1. The summed E-state index contributed by atoms with van der Waals surface area (Å²) >= 11 is 3.55. The van der Waals surface area contributed by atoms with Crippen LogP contribution >= 0.6 is 15.9 Å². The van der Waals surface area contributed by atoms with Gasteiger partial charge in [0.15, 0.2) is 11.6 Å². The molecule has 1 atom stereocenters. The molecule has 0 saturated carbocycles. The second kappa shape index (κ2) is 6.86. The maximum absolute atomic E-state index is 13.5. The zero-order valence-electron chi connectivity index (χ0n) is 11.5. The fraction of sp³-hybridized carbons (Fsp3) is 0.250. The van der Waals surface area contributed by atoms with E-state index >= 15 is 0 Å². The molecule has 1 N–H and O–H groups in total. The third-order valence-corrected chi connectivity index (χ3v) is 4.08. The normalized spacial score (nSPS) is 12.2. The molecule has 0 aromatic heterocycles. The van der Waals surface area contributed by atoms with E-state index < -0.39 is 0 Å². The number of rotatable bonds is 5. The first-order chi connectivity index (χ1) is 9.65. The van der Waals surface area contributed by atoms with Gasteiger partial charge in [-0.1, -0.05) is 40.2 Å². The Balaban J connectivity index is 2.26. The van der Waals surface area contributed by atoms with Gasteiger partial charge in [0.25, 0.3) is 0 Å². The average Bonchev–Trinajstić information content (AvgIpc) is 2.47. The Morgan fingerprint density at radius 3 is 2.65 bits per heavy atom. The minimum absolute atomic E-state index is 0.100. The predicted octanol–water partition coefficient (Wildman–Crippen LogP) is 4.10. The van der Waals surface area contributed by atoms with Gasteiger partial charge < -0.3 is 10.1 Å². The fourth-order valence-corrected chi connectivity index (χ4v) is 2.61. The molecule has 2 rings (SSSR count). The Morgan fingerprint density at radius 1 is 1.25 bits per heavy atom. The largest absolute Gasteiger partial charge is 0.494 e. The lowest BCUT2D eigenvalue weighted by Crippen LogP contribution is -2.19. The van der Waals surface area contributed by atoms with E-state index in [4.69, 9.17) is 4.74 Å². The Morgan fingerprint density at radius 2 is 2.00 bits per heavy atom. The maximum Gasteiger partial charge on any atom is 0.165 e. The fourth-order valence-electron chi connectivity index (χ4n) is 2.16. The molecule has 4 heteroatoms. The number of methoxy groups -OCH3 is 1. The summed E-state index contributed by atoms with van der Waals surface area (Å²) in [6.07, 6.45) is 0.812. The van der Waals surface area contributed by atoms with Gasteiger partial charge in [-0.05, 0) is 42.8 Å². The molecule has 2 aromatic carbocycles. The van der Waals surface area contributed by atoms with Crippen LogP contribution in [0.4, 0.5) is 4.39 Å². The highest BCUT2D eigenvalue weighted by molar-refractivity contribution is 9.10. The first-order valence-electron chi connectivity index (χ1n) is 6.39. The Kier molecular flexibility index (Phi) is 5.15.